The molecule has 2 aromatic carbocycles. The molecular weight excluding hydrogens is 536 g/mol. The quantitative estimate of drug-likeness (QED) is 0.169. The largest absolute Gasteiger partial charge is 0.508 e. The average Bonchev–Trinajstić information content (AvgIpc) is 2.92. The Morgan fingerprint density at radius 3 is 2.08 bits per heavy atom. The van der Waals surface area contributed by atoms with Crippen LogP contribution < -0.4 is 5.43 Å². The molecule has 3 aromatic rings. The zero-order valence-corrected chi connectivity index (χ0v) is 20.6. The highest BCUT2D eigenvalue weighted by Gasteiger charge is 2.48. The lowest BCUT2D eigenvalue weighted by molar-refractivity contribution is -0.232. The molecule has 3 heterocycles. The van der Waals surface area contributed by atoms with Crippen LogP contribution in [0.25, 0.3) is 22.3 Å². The number of ether oxygens (including phenoxy) is 2. The standard InChI is InChI=1S/C26H28O14/c27-6-13-18(32)21(35)23(37)26(40-13)15-19(33)14-10(29)5-12(8-1-3-9(28)4-2-8)39-24(14)16(20(15)34)25-22(36)17(31)11(30)7-38-25/h1-5,11,13,17-18,21-23,25-28,30-37H,6-7H2/t11-,13-,17+,18-,21+,22-,23-,25?,26+/m1/s1. The molecule has 2 fully saturated rings. The lowest BCUT2D eigenvalue weighted by Gasteiger charge is -2.41. The van der Waals surface area contributed by atoms with E-state index in [1.165, 1.54) is 24.3 Å². The van der Waals surface area contributed by atoms with Crippen LogP contribution in [-0.2, 0) is 9.47 Å². The van der Waals surface area contributed by atoms with Gasteiger partial charge in [-0.15, -0.1) is 0 Å². The summed E-state index contributed by atoms with van der Waals surface area (Å²) in [6.45, 7) is -1.34. The Balaban J connectivity index is 1.80. The van der Waals surface area contributed by atoms with E-state index in [2.05, 4.69) is 0 Å². The van der Waals surface area contributed by atoms with E-state index in [-0.39, 0.29) is 11.5 Å². The molecule has 10 N–H and O–H groups in total. The van der Waals surface area contributed by atoms with Crippen molar-refractivity contribution in [3.63, 3.8) is 0 Å². The normalized spacial score (nSPS) is 32.8. The molecule has 1 unspecified atom stereocenters. The molecule has 1 aromatic heterocycles. The van der Waals surface area contributed by atoms with Gasteiger partial charge in [-0.05, 0) is 24.3 Å². The molecule has 2 saturated heterocycles. The van der Waals surface area contributed by atoms with Crippen molar-refractivity contribution in [1.82, 2.24) is 0 Å². The van der Waals surface area contributed by atoms with Gasteiger partial charge in [0, 0.05) is 11.6 Å². The summed E-state index contributed by atoms with van der Waals surface area (Å²) in [7, 11) is 0. The summed E-state index contributed by atoms with van der Waals surface area (Å²) in [5, 5.41) is 104. The molecule has 14 nitrogen and oxygen atoms in total. The first kappa shape index (κ1) is 28.2. The Morgan fingerprint density at radius 1 is 0.775 bits per heavy atom. The van der Waals surface area contributed by atoms with Crippen molar-refractivity contribution >= 4 is 11.0 Å². The minimum Gasteiger partial charge on any atom is -0.508 e. The van der Waals surface area contributed by atoms with Gasteiger partial charge in [-0.25, -0.2) is 0 Å². The predicted molar refractivity (Wildman–Crippen MR) is 132 cm³/mol. The third kappa shape index (κ3) is 4.49. The fraction of sp³-hybridized carbons (Fsp3) is 0.423. The van der Waals surface area contributed by atoms with Crippen molar-refractivity contribution in [2.45, 2.75) is 54.9 Å². The number of aromatic hydroxyl groups is 3. The van der Waals surface area contributed by atoms with E-state index in [9.17, 15) is 55.9 Å². The van der Waals surface area contributed by atoms with Crippen LogP contribution in [0.1, 0.15) is 23.3 Å². The van der Waals surface area contributed by atoms with Gasteiger partial charge in [-0.1, -0.05) is 0 Å². The summed E-state index contributed by atoms with van der Waals surface area (Å²) < 4.78 is 16.9. The van der Waals surface area contributed by atoms with Crippen molar-refractivity contribution in [3.8, 4) is 28.6 Å². The minimum absolute atomic E-state index is 0.0710. The van der Waals surface area contributed by atoms with Gasteiger partial charge in [0.05, 0.1) is 24.3 Å². The molecule has 0 saturated carbocycles. The van der Waals surface area contributed by atoms with Crippen LogP contribution in [0.15, 0.2) is 39.5 Å². The molecule has 0 radical (unpaired) electrons. The summed E-state index contributed by atoms with van der Waals surface area (Å²) in [4.78, 5) is 13.4. The number of hydrogen-bond donors (Lipinski definition) is 10. The van der Waals surface area contributed by atoms with Gasteiger partial charge >= 0.3 is 0 Å². The summed E-state index contributed by atoms with van der Waals surface area (Å²) in [6, 6.07) is 6.50. The Kier molecular flexibility index (Phi) is 7.47. The first-order valence-electron chi connectivity index (χ1n) is 12.3. The van der Waals surface area contributed by atoms with Crippen molar-refractivity contribution in [2.75, 3.05) is 13.2 Å². The van der Waals surface area contributed by atoms with Crippen LogP contribution in [0.2, 0.25) is 0 Å². The van der Waals surface area contributed by atoms with E-state index < -0.39 is 107 Å². The van der Waals surface area contributed by atoms with Gasteiger partial charge in [0.25, 0.3) is 0 Å². The minimum atomic E-state index is -1.98. The number of phenols is 3. The lowest BCUT2D eigenvalue weighted by Crippen LogP contribution is -2.55. The van der Waals surface area contributed by atoms with E-state index in [4.69, 9.17) is 13.9 Å². The number of rotatable bonds is 4. The highest BCUT2D eigenvalue weighted by molar-refractivity contribution is 5.92. The molecule has 0 spiro atoms. The molecule has 14 heteroatoms. The van der Waals surface area contributed by atoms with Crippen LogP contribution in [0, 0.1) is 0 Å². The first-order chi connectivity index (χ1) is 19.0. The highest BCUT2D eigenvalue weighted by atomic mass is 16.5. The number of fused-ring (bicyclic) bond motifs is 1. The highest BCUT2D eigenvalue weighted by Crippen LogP contribution is 2.50. The van der Waals surface area contributed by atoms with Gasteiger partial charge in [0.15, 0.2) is 11.0 Å². The number of hydrogen-bond acceptors (Lipinski definition) is 14. The molecule has 5 rings (SSSR count). The zero-order chi connectivity index (χ0) is 29.0. The van der Waals surface area contributed by atoms with Crippen molar-refractivity contribution in [3.05, 3.63) is 51.7 Å². The predicted octanol–water partition coefficient (Wildman–Crippen LogP) is -1.75. The van der Waals surface area contributed by atoms with Gasteiger partial charge in [0.1, 0.15) is 83.3 Å². The molecule has 9 atom stereocenters. The number of aliphatic hydroxyl groups is 7. The Hall–Kier alpha value is -3.31. The molecular formula is C26H28O14. The molecule has 216 valence electrons. The maximum absolute atomic E-state index is 13.4. The van der Waals surface area contributed by atoms with E-state index in [0.29, 0.717) is 5.56 Å². The van der Waals surface area contributed by atoms with Crippen LogP contribution in [0.3, 0.4) is 0 Å². The third-order valence-corrected chi connectivity index (χ3v) is 7.31. The van der Waals surface area contributed by atoms with Crippen LogP contribution >= 0.6 is 0 Å². The molecule has 0 amide bonds. The monoisotopic (exact) mass is 564 g/mol. The lowest BCUT2D eigenvalue weighted by atomic mass is 9.85. The van der Waals surface area contributed by atoms with Crippen LogP contribution in [0.5, 0.6) is 17.2 Å². The average molecular weight is 564 g/mol. The Morgan fingerprint density at radius 2 is 1.43 bits per heavy atom. The summed E-state index contributed by atoms with van der Waals surface area (Å²) in [5.41, 5.74) is -2.15. The van der Waals surface area contributed by atoms with Crippen molar-refractivity contribution in [1.29, 1.82) is 0 Å². The van der Waals surface area contributed by atoms with E-state index in [1.807, 2.05) is 0 Å². The second-order valence-corrected chi connectivity index (χ2v) is 9.80. The number of aliphatic hydroxyl groups excluding tert-OH is 7. The Bertz CT molecular complexity index is 1450. The summed E-state index contributed by atoms with van der Waals surface area (Å²) in [5.74, 6) is -2.01. The van der Waals surface area contributed by atoms with Crippen LogP contribution in [-0.4, -0.2) is 107 Å². The van der Waals surface area contributed by atoms with Crippen molar-refractivity contribution < 1.29 is 65.0 Å². The summed E-state index contributed by atoms with van der Waals surface area (Å²) >= 11 is 0. The first-order valence-corrected chi connectivity index (χ1v) is 12.3. The summed E-state index contributed by atoms with van der Waals surface area (Å²) in [6.07, 6.45) is -15.7. The van der Waals surface area contributed by atoms with Crippen LogP contribution in [0.4, 0.5) is 0 Å². The van der Waals surface area contributed by atoms with Gasteiger partial charge < -0.3 is 65.0 Å². The maximum Gasteiger partial charge on any atom is 0.197 e. The fourth-order valence-corrected chi connectivity index (χ4v) is 5.11. The molecule has 0 aliphatic carbocycles. The van der Waals surface area contributed by atoms with Gasteiger partial charge in [0.2, 0.25) is 0 Å². The SMILES string of the molecule is O=c1cc(-c2ccc(O)cc2)oc2c(C3OC[C@@H](O)[C@H](O)[C@H]3O)c(O)c([C@@H]3O[C@H](CO)[C@@H](O)[C@H](O)[C@H]3O)c(O)c12. The fourth-order valence-electron chi connectivity index (χ4n) is 5.11. The van der Waals surface area contributed by atoms with E-state index in [0.717, 1.165) is 6.07 Å². The number of benzene rings is 2. The smallest absolute Gasteiger partial charge is 0.197 e. The second-order valence-electron chi connectivity index (χ2n) is 9.80. The molecule has 2 aliphatic heterocycles. The zero-order valence-electron chi connectivity index (χ0n) is 20.6. The van der Waals surface area contributed by atoms with Gasteiger partial charge in [-0.2, -0.15) is 0 Å². The van der Waals surface area contributed by atoms with Gasteiger partial charge in [-0.3, -0.25) is 4.79 Å². The maximum atomic E-state index is 13.4. The number of phenolic OH excluding ortho intramolecular Hbond substituents is 3. The van der Waals surface area contributed by atoms with E-state index in [1.54, 1.807) is 0 Å². The van der Waals surface area contributed by atoms with E-state index >= 15 is 0 Å². The topological polar surface area (TPSA) is 251 Å². The molecule has 0 bridgehead atoms. The molecule has 2 aliphatic rings. The molecule has 40 heavy (non-hydrogen) atoms. The second kappa shape index (κ2) is 10.6. The third-order valence-electron chi connectivity index (χ3n) is 7.31. The van der Waals surface area contributed by atoms with Crippen molar-refractivity contribution in [2.24, 2.45) is 0 Å². The Labute approximate surface area is 224 Å².